The Balaban J connectivity index is -0.000000187. The summed E-state index contributed by atoms with van der Waals surface area (Å²) in [6.45, 7) is 8.32. The lowest BCUT2D eigenvalue weighted by Crippen LogP contribution is -2.21. The molecule has 0 fully saturated rings. The highest BCUT2D eigenvalue weighted by Crippen LogP contribution is 1.54. The Morgan fingerprint density at radius 2 is 1.22 bits per heavy atom. The van der Waals surface area contributed by atoms with Crippen LogP contribution in [0.2, 0.25) is 0 Å². The average Bonchev–Trinajstić information content (AvgIpc) is 2.27. The molecular formula is C10H22N4O4. The molecule has 0 aliphatic carbocycles. The van der Waals surface area contributed by atoms with Gasteiger partial charge in [0, 0.05) is 13.1 Å². The molecule has 0 rings (SSSR count). The van der Waals surface area contributed by atoms with E-state index in [1.165, 1.54) is 0 Å². The minimum absolute atomic E-state index is 1.05. The van der Waals surface area contributed by atoms with Crippen LogP contribution in [-0.4, -0.2) is 49.6 Å². The van der Waals surface area contributed by atoms with Crippen LogP contribution < -0.4 is 21.3 Å². The van der Waals surface area contributed by atoms with E-state index in [9.17, 15) is 9.59 Å². The lowest BCUT2D eigenvalue weighted by Gasteiger charge is -1.92. The van der Waals surface area contributed by atoms with Gasteiger partial charge in [-0.2, -0.15) is 0 Å². The molecule has 0 unspecified atom stereocenters. The number of carboxylic acid groups (broad SMARTS) is 2. The molecule has 0 aliphatic heterocycles. The van der Waals surface area contributed by atoms with Crippen molar-refractivity contribution < 1.29 is 19.8 Å². The molecule has 0 heterocycles. The predicted molar refractivity (Wildman–Crippen MR) is 70.6 cm³/mol. The van der Waals surface area contributed by atoms with E-state index in [4.69, 9.17) is 10.2 Å². The van der Waals surface area contributed by atoms with E-state index in [-0.39, 0.29) is 0 Å². The molecule has 0 spiro atoms. The van der Waals surface area contributed by atoms with Crippen LogP contribution in [0.4, 0.5) is 9.59 Å². The Kier molecular flexibility index (Phi) is 24.0. The fourth-order valence-corrected chi connectivity index (χ4v) is 0.425. The van der Waals surface area contributed by atoms with Gasteiger partial charge >= 0.3 is 12.2 Å². The van der Waals surface area contributed by atoms with Crippen LogP contribution in [-0.2, 0) is 0 Å². The molecule has 0 aromatic heterocycles. The normalized spacial score (nSPS) is 7.44. The standard InChI is InChI=1S/C4H12N2.2C3H5NO2/c1-5-3-4-6-2;2*1-2-4-3(5)6/h5-6H,3-4H2,1-2H3;2*2,4H,1H2,(H,5,6). The van der Waals surface area contributed by atoms with Gasteiger partial charge in [0.05, 0.1) is 0 Å². The quantitative estimate of drug-likeness (QED) is 0.394. The summed E-state index contributed by atoms with van der Waals surface area (Å²) in [5.74, 6) is 0. The number of carbonyl (C=O) groups is 2. The van der Waals surface area contributed by atoms with Gasteiger partial charge in [-0.15, -0.1) is 0 Å². The molecule has 0 atom stereocenters. The second kappa shape index (κ2) is 20.4. The zero-order valence-electron chi connectivity index (χ0n) is 10.7. The van der Waals surface area contributed by atoms with Crippen LogP contribution in [0.15, 0.2) is 25.6 Å². The highest BCUT2D eigenvalue weighted by Gasteiger charge is 1.80. The lowest BCUT2D eigenvalue weighted by molar-refractivity contribution is 0.197. The second-order valence-corrected chi connectivity index (χ2v) is 2.51. The van der Waals surface area contributed by atoms with Crippen LogP contribution in [0.5, 0.6) is 0 Å². The largest absolute Gasteiger partial charge is 0.465 e. The van der Waals surface area contributed by atoms with Crippen molar-refractivity contribution in [2.75, 3.05) is 27.2 Å². The van der Waals surface area contributed by atoms with Crippen molar-refractivity contribution >= 4 is 12.2 Å². The van der Waals surface area contributed by atoms with Gasteiger partial charge in [-0.05, 0) is 26.5 Å². The van der Waals surface area contributed by atoms with Crippen LogP contribution in [0.25, 0.3) is 0 Å². The van der Waals surface area contributed by atoms with Crippen LogP contribution in [0.1, 0.15) is 0 Å². The molecule has 0 aliphatic rings. The fourth-order valence-electron chi connectivity index (χ4n) is 0.425. The topological polar surface area (TPSA) is 123 Å². The maximum Gasteiger partial charge on any atom is 0.408 e. The van der Waals surface area contributed by atoms with E-state index in [0.717, 1.165) is 25.5 Å². The molecule has 6 N–H and O–H groups in total. The van der Waals surface area contributed by atoms with E-state index in [0.29, 0.717) is 0 Å². The molecule has 2 amide bonds. The summed E-state index contributed by atoms with van der Waals surface area (Å²) < 4.78 is 0. The minimum atomic E-state index is -1.08. The zero-order chi connectivity index (χ0) is 14.8. The van der Waals surface area contributed by atoms with Gasteiger partial charge in [0.25, 0.3) is 0 Å². The third-order valence-corrected chi connectivity index (χ3v) is 1.08. The molecule has 106 valence electrons. The van der Waals surface area contributed by atoms with Gasteiger partial charge in [-0.25, -0.2) is 9.59 Å². The first-order chi connectivity index (χ1) is 8.45. The fraction of sp³-hybridized carbons (Fsp3) is 0.400. The number of likely N-dealkylation sites (N-methyl/N-ethyl adjacent to an activating group) is 2. The van der Waals surface area contributed by atoms with E-state index in [1.807, 2.05) is 24.7 Å². The third kappa shape index (κ3) is 48.5. The van der Waals surface area contributed by atoms with Crippen molar-refractivity contribution in [2.24, 2.45) is 0 Å². The van der Waals surface area contributed by atoms with Crippen LogP contribution in [0, 0.1) is 0 Å². The molecule has 0 saturated carbocycles. The summed E-state index contributed by atoms with van der Waals surface area (Å²) >= 11 is 0. The highest BCUT2D eigenvalue weighted by molar-refractivity contribution is 5.65. The Hall–Kier alpha value is -2.06. The Morgan fingerprint density at radius 1 is 0.944 bits per heavy atom. The summed E-state index contributed by atoms with van der Waals surface area (Å²) in [4.78, 5) is 18.8. The minimum Gasteiger partial charge on any atom is -0.465 e. The summed E-state index contributed by atoms with van der Waals surface area (Å²) in [7, 11) is 3.88. The van der Waals surface area contributed by atoms with E-state index in [2.05, 4.69) is 23.8 Å². The van der Waals surface area contributed by atoms with Crippen LogP contribution in [0.3, 0.4) is 0 Å². The number of nitrogens with one attached hydrogen (secondary N) is 4. The van der Waals surface area contributed by atoms with Crippen molar-refractivity contribution in [1.82, 2.24) is 21.3 Å². The Labute approximate surface area is 107 Å². The second-order valence-electron chi connectivity index (χ2n) is 2.51. The molecule has 0 saturated heterocycles. The highest BCUT2D eigenvalue weighted by atomic mass is 16.4. The summed E-state index contributed by atoms with van der Waals surface area (Å²) in [6.07, 6.45) is 0.0417. The lowest BCUT2D eigenvalue weighted by atomic mass is 10.6. The molecular weight excluding hydrogens is 240 g/mol. The van der Waals surface area contributed by atoms with Crippen molar-refractivity contribution in [2.45, 2.75) is 0 Å². The van der Waals surface area contributed by atoms with E-state index >= 15 is 0 Å². The summed E-state index contributed by atoms with van der Waals surface area (Å²) in [5, 5.41) is 25.3. The molecule has 8 heteroatoms. The van der Waals surface area contributed by atoms with Gasteiger partial charge in [0.2, 0.25) is 0 Å². The monoisotopic (exact) mass is 262 g/mol. The van der Waals surface area contributed by atoms with Gasteiger partial charge in [-0.1, -0.05) is 13.2 Å². The third-order valence-electron chi connectivity index (χ3n) is 1.08. The summed E-state index contributed by atoms with van der Waals surface area (Å²) in [5.41, 5.74) is 0. The summed E-state index contributed by atoms with van der Waals surface area (Å²) in [6, 6.07) is 0. The van der Waals surface area contributed by atoms with Gasteiger partial charge in [-0.3, -0.25) is 10.6 Å². The smallest absolute Gasteiger partial charge is 0.408 e. The Bertz CT molecular complexity index is 210. The predicted octanol–water partition coefficient (Wildman–Crippen LogP) is 0.220. The van der Waals surface area contributed by atoms with E-state index in [1.54, 1.807) is 0 Å². The molecule has 0 radical (unpaired) electrons. The first-order valence-corrected chi connectivity index (χ1v) is 4.96. The van der Waals surface area contributed by atoms with Gasteiger partial charge < -0.3 is 20.8 Å². The van der Waals surface area contributed by atoms with Crippen molar-refractivity contribution in [1.29, 1.82) is 0 Å². The molecule has 0 bridgehead atoms. The van der Waals surface area contributed by atoms with Gasteiger partial charge in [0.1, 0.15) is 0 Å². The van der Waals surface area contributed by atoms with E-state index < -0.39 is 12.2 Å². The first kappa shape index (κ1) is 21.2. The number of rotatable bonds is 5. The maximum atomic E-state index is 9.42. The molecule has 0 aromatic rings. The zero-order valence-corrected chi connectivity index (χ0v) is 10.7. The number of amides is 2. The van der Waals surface area contributed by atoms with Crippen molar-refractivity contribution in [3.8, 4) is 0 Å². The van der Waals surface area contributed by atoms with Crippen molar-refractivity contribution in [3.05, 3.63) is 25.6 Å². The molecule has 18 heavy (non-hydrogen) atoms. The van der Waals surface area contributed by atoms with Crippen LogP contribution >= 0.6 is 0 Å². The SMILES string of the molecule is C=CNC(=O)O.C=CNC(=O)O.CNCCNC. The Morgan fingerprint density at radius 3 is 1.28 bits per heavy atom. The maximum absolute atomic E-state index is 9.42. The average molecular weight is 262 g/mol. The number of hydrogen-bond donors (Lipinski definition) is 6. The molecule has 0 aromatic carbocycles. The van der Waals surface area contributed by atoms with Gasteiger partial charge in [0.15, 0.2) is 0 Å². The first-order valence-electron chi connectivity index (χ1n) is 4.96. The molecule has 8 nitrogen and oxygen atoms in total. The number of hydrogen-bond acceptors (Lipinski definition) is 4. The van der Waals surface area contributed by atoms with Crippen molar-refractivity contribution in [3.63, 3.8) is 0 Å².